The van der Waals surface area contributed by atoms with E-state index in [4.69, 9.17) is 10.5 Å². The Morgan fingerprint density at radius 1 is 1.50 bits per heavy atom. The molecule has 0 saturated heterocycles. The molecular weight excluding hydrogens is 176 g/mol. The molecule has 1 aromatic heterocycles. The van der Waals surface area contributed by atoms with Gasteiger partial charge in [-0.2, -0.15) is 0 Å². The number of aromatic nitrogens is 1. The van der Waals surface area contributed by atoms with Crippen molar-refractivity contribution in [3.63, 3.8) is 0 Å². The summed E-state index contributed by atoms with van der Waals surface area (Å²) < 4.78 is 5.57. The molecule has 0 spiro atoms. The lowest BCUT2D eigenvalue weighted by atomic mass is 9.83. The molecule has 0 amide bonds. The van der Waals surface area contributed by atoms with Gasteiger partial charge >= 0.3 is 0 Å². The fraction of sp³-hybridized carbons (Fsp3) is 0.545. The van der Waals surface area contributed by atoms with Gasteiger partial charge in [0.2, 0.25) is 0 Å². The summed E-state index contributed by atoms with van der Waals surface area (Å²) in [5, 5.41) is 0. The van der Waals surface area contributed by atoms with Gasteiger partial charge in [0.15, 0.2) is 0 Å². The number of nitrogens with two attached hydrogens (primary N) is 1. The lowest BCUT2D eigenvalue weighted by molar-refractivity contribution is 0.222. The SMILES string of the molecule is Nc1cc(OCCC2CCC2)ccn1. The molecule has 1 aromatic rings. The smallest absolute Gasteiger partial charge is 0.126 e. The van der Waals surface area contributed by atoms with Crippen LogP contribution in [0.4, 0.5) is 5.82 Å². The highest BCUT2D eigenvalue weighted by Gasteiger charge is 2.16. The lowest BCUT2D eigenvalue weighted by Gasteiger charge is -2.24. The van der Waals surface area contributed by atoms with Gasteiger partial charge in [-0.15, -0.1) is 0 Å². The Labute approximate surface area is 84.3 Å². The van der Waals surface area contributed by atoms with Crippen LogP contribution in [0.15, 0.2) is 18.3 Å². The van der Waals surface area contributed by atoms with Gasteiger partial charge in [-0.3, -0.25) is 0 Å². The van der Waals surface area contributed by atoms with Crippen LogP contribution < -0.4 is 10.5 Å². The molecule has 3 nitrogen and oxygen atoms in total. The van der Waals surface area contributed by atoms with Crippen LogP contribution in [-0.2, 0) is 0 Å². The second kappa shape index (κ2) is 4.31. The summed E-state index contributed by atoms with van der Waals surface area (Å²) in [4.78, 5) is 3.91. The van der Waals surface area contributed by atoms with Gasteiger partial charge in [0, 0.05) is 12.3 Å². The highest BCUT2D eigenvalue weighted by Crippen LogP contribution is 2.29. The van der Waals surface area contributed by atoms with Gasteiger partial charge in [-0.05, 0) is 18.4 Å². The average Bonchev–Trinajstić information content (AvgIpc) is 2.09. The molecule has 0 atom stereocenters. The van der Waals surface area contributed by atoms with E-state index in [1.54, 1.807) is 12.3 Å². The van der Waals surface area contributed by atoms with E-state index >= 15 is 0 Å². The fourth-order valence-electron chi connectivity index (χ4n) is 1.64. The minimum absolute atomic E-state index is 0.520. The number of ether oxygens (including phenoxy) is 1. The van der Waals surface area contributed by atoms with Gasteiger partial charge in [0.25, 0.3) is 0 Å². The Morgan fingerprint density at radius 2 is 2.36 bits per heavy atom. The predicted octanol–water partition coefficient (Wildman–Crippen LogP) is 2.23. The molecule has 1 fully saturated rings. The molecular formula is C11H16N2O. The zero-order valence-electron chi connectivity index (χ0n) is 8.28. The molecule has 2 N–H and O–H groups in total. The molecule has 2 rings (SSSR count). The van der Waals surface area contributed by atoms with Gasteiger partial charge in [0.05, 0.1) is 6.61 Å². The van der Waals surface area contributed by atoms with E-state index < -0.39 is 0 Å². The van der Waals surface area contributed by atoms with E-state index in [2.05, 4.69) is 4.98 Å². The lowest BCUT2D eigenvalue weighted by Crippen LogP contribution is -2.14. The first-order valence-electron chi connectivity index (χ1n) is 5.19. The summed E-state index contributed by atoms with van der Waals surface area (Å²) in [7, 11) is 0. The summed E-state index contributed by atoms with van der Waals surface area (Å²) in [6.45, 7) is 0.800. The van der Waals surface area contributed by atoms with Crippen LogP contribution in [0.25, 0.3) is 0 Å². The van der Waals surface area contributed by atoms with Crippen molar-refractivity contribution in [2.24, 2.45) is 5.92 Å². The second-order valence-corrected chi connectivity index (χ2v) is 3.85. The minimum atomic E-state index is 0.520. The molecule has 0 aromatic carbocycles. The first-order chi connectivity index (χ1) is 6.84. The maximum Gasteiger partial charge on any atom is 0.126 e. The number of anilines is 1. The van der Waals surface area contributed by atoms with Crippen molar-refractivity contribution in [3.05, 3.63) is 18.3 Å². The summed E-state index contributed by atoms with van der Waals surface area (Å²) in [5.74, 6) is 2.25. The summed E-state index contributed by atoms with van der Waals surface area (Å²) in [6.07, 6.45) is 6.99. The van der Waals surface area contributed by atoms with Gasteiger partial charge in [-0.1, -0.05) is 19.3 Å². The molecule has 0 aliphatic heterocycles. The molecule has 1 aliphatic rings. The van der Waals surface area contributed by atoms with E-state index in [1.165, 1.54) is 25.7 Å². The number of rotatable bonds is 4. The number of hydrogen-bond acceptors (Lipinski definition) is 3. The van der Waals surface area contributed by atoms with Gasteiger partial charge < -0.3 is 10.5 Å². The maximum atomic E-state index is 5.57. The summed E-state index contributed by atoms with van der Waals surface area (Å²) in [6, 6.07) is 3.61. The molecule has 1 heterocycles. The minimum Gasteiger partial charge on any atom is -0.493 e. The standard InChI is InChI=1S/C11H16N2O/c12-11-8-10(4-6-13-11)14-7-5-9-2-1-3-9/h4,6,8-9H,1-3,5,7H2,(H2,12,13). The Kier molecular flexibility index (Phi) is 2.87. The quantitative estimate of drug-likeness (QED) is 0.795. The van der Waals surface area contributed by atoms with Crippen LogP contribution in [0, 0.1) is 5.92 Å². The van der Waals surface area contributed by atoms with Crippen molar-refractivity contribution in [1.82, 2.24) is 4.98 Å². The number of nitrogens with zero attached hydrogens (tertiary/aromatic N) is 1. The highest BCUT2D eigenvalue weighted by atomic mass is 16.5. The normalized spacial score (nSPS) is 16.3. The van der Waals surface area contributed by atoms with Gasteiger partial charge in [-0.25, -0.2) is 4.98 Å². The van der Waals surface area contributed by atoms with E-state index in [9.17, 15) is 0 Å². The van der Waals surface area contributed by atoms with E-state index in [1.807, 2.05) is 6.07 Å². The number of hydrogen-bond donors (Lipinski definition) is 1. The van der Waals surface area contributed by atoms with Crippen LogP contribution in [0.2, 0.25) is 0 Å². The van der Waals surface area contributed by atoms with Crippen LogP contribution in [-0.4, -0.2) is 11.6 Å². The third kappa shape index (κ3) is 2.37. The fourth-order valence-corrected chi connectivity index (χ4v) is 1.64. The molecule has 0 bridgehead atoms. The Bertz CT molecular complexity index is 297. The van der Waals surface area contributed by atoms with Crippen LogP contribution >= 0.6 is 0 Å². The third-order valence-corrected chi connectivity index (χ3v) is 2.77. The average molecular weight is 192 g/mol. The third-order valence-electron chi connectivity index (χ3n) is 2.77. The van der Waals surface area contributed by atoms with E-state index in [-0.39, 0.29) is 0 Å². The van der Waals surface area contributed by atoms with Crippen molar-refractivity contribution < 1.29 is 4.74 Å². The van der Waals surface area contributed by atoms with Crippen LogP contribution in [0.5, 0.6) is 5.75 Å². The van der Waals surface area contributed by atoms with Crippen molar-refractivity contribution in [3.8, 4) is 5.75 Å². The predicted molar refractivity (Wildman–Crippen MR) is 56.1 cm³/mol. The van der Waals surface area contributed by atoms with Crippen LogP contribution in [0.1, 0.15) is 25.7 Å². The topological polar surface area (TPSA) is 48.1 Å². The number of nitrogen functional groups attached to an aromatic ring is 1. The van der Waals surface area contributed by atoms with E-state index in [0.29, 0.717) is 5.82 Å². The Morgan fingerprint density at radius 3 is 3.00 bits per heavy atom. The first kappa shape index (κ1) is 9.31. The molecule has 76 valence electrons. The number of pyridine rings is 1. The van der Waals surface area contributed by atoms with E-state index in [0.717, 1.165) is 18.3 Å². The molecule has 0 radical (unpaired) electrons. The molecule has 3 heteroatoms. The largest absolute Gasteiger partial charge is 0.493 e. The van der Waals surface area contributed by atoms with Gasteiger partial charge in [0.1, 0.15) is 11.6 Å². The van der Waals surface area contributed by atoms with Crippen molar-refractivity contribution in [1.29, 1.82) is 0 Å². The van der Waals surface area contributed by atoms with Crippen molar-refractivity contribution in [2.45, 2.75) is 25.7 Å². The van der Waals surface area contributed by atoms with Crippen molar-refractivity contribution in [2.75, 3.05) is 12.3 Å². The molecule has 1 saturated carbocycles. The first-order valence-corrected chi connectivity index (χ1v) is 5.19. The zero-order chi connectivity index (χ0) is 9.80. The van der Waals surface area contributed by atoms with Crippen LogP contribution in [0.3, 0.4) is 0 Å². The Balaban J connectivity index is 1.74. The molecule has 0 unspecified atom stereocenters. The Hall–Kier alpha value is -1.25. The monoisotopic (exact) mass is 192 g/mol. The summed E-state index contributed by atoms with van der Waals surface area (Å²) >= 11 is 0. The van der Waals surface area contributed by atoms with Crippen molar-refractivity contribution >= 4 is 5.82 Å². The molecule has 1 aliphatic carbocycles. The summed E-state index contributed by atoms with van der Waals surface area (Å²) in [5.41, 5.74) is 5.54. The highest BCUT2D eigenvalue weighted by molar-refractivity contribution is 5.35. The maximum absolute atomic E-state index is 5.57. The zero-order valence-corrected chi connectivity index (χ0v) is 8.28. The molecule has 14 heavy (non-hydrogen) atoms. The second-order valence-electron chi connectivity index (χ2n) is 3.85.